The maximum absolute atomic E-state index is 13.3. The molecule has 4 nitrogen and oxygen atoms in total. The van der Waals surface area contributed by atoms with Gasteiger partial charge in [0.1, 0.15) is 0 Å². The van der Waals surface area contributed by atoms with E-state index in [-0.39, 0.29) is 11.8 Å². The van der Waals surface area contributed by atoms with Crippen molar-refractivity contribution in [3.8, 4) is 0 Å². The number of hydrogen-bond acceptors (Lipinski definition) is 2. The van der Waals surface area contributed by atoms with E-state index in [4.69, 9.17) is 11.6 Å². The first-order chi connectivity index (χ1) is 12.6. The van der Waals surface area contributed by atoms with E-state index >= 15 is 0 Å². The Kier molecular flexibility index (Phi) is 3.03. The van der Waals surface area contributed by atoms with Gasteiger partial charge >= 0.3 is 0 Å². The largest absolute Gasteiger partial charge is 0.321 e. The number of carbonyl (C=O) groups is 2. The highest BCUT2D eigenvalue weighted by Gasteiger charge is 2.55. The first kappa shape index (κ1) is 15.2. The predicted molar refractivity (Wildman–Crippen MR) is 99.4 cm³/mol. The van der Waals surface area contributed by atoms with Gasteiger partial charge in [0.05, 0.1) is 11.3 Å². The summed E-state index contributed by atoms with van der Waals surface area (Å²) in [6, 6.07) is 21.8. The highest BCUT2D eigenvalue weighted by Crippen LogP contribution is 2.48. The molecule has 126 valence electrons. The Morgan fingerprint density at radius 1 is 0.846 bits per heavy atom. The van der Waals surface area contributed by atoms with Gasteiger partial charge in [-0.25, -0.2) is 0 Å². The molecule has 0 fully saturated rings. The highest BCUT2D eigenvalue weighted by molar-refractivity contribution is 6.30. The van der Waals surface area contributed by atoms with Crippen LogP contribution in [0.15, 0.2) is 72.8 Å². The molecule has 1 N–H and O–H groups in total. The standard InChI is InChI=1S/C21H13ClN2O2/c22-14-7-5-6-13(12-14)21-17-10-3-1-8-15(17)20(26)24(21)18-11-4-2-9-16(18)19(25)23-21/h1-12H,(H,23,25)/t21-/m0/s1. The first-order valence-corrected chi connectivity index (χ1v) is 8.62. The SMILES string of the molecule is O=C1N[C@]2(c3cccc(Cl)c3)c3ccccc3C(=O)N2c2ccccc21. The van der Waals surface area contributed by atoms with Crippen LogP contribution in [0.5, 0.6) is 0 Å². The van der Waals surface area contributed by atoms with Crippen molar-refractivity contribution in [3.63, 3.8) is 0 Å². The summed E-state index contributed by atoms with van der Waals surface area (Å²) in [5.74, 6) is -0.366. The summed E-state index contributed by atoms with van der Waals surface area (Å²) >= 11 is 6.24. The minimum Gasteiger partial charge on any atom is -0.321 e. The predicted octanol–water partition coefficient (Wildman–Crippen LogP) is 3.94. The summed E-state index contributed by atoms with van der Waals surface area (Å²) in [7, 11) is 0. The van der Waals surface area contributed by atoms with Gasteiger partial charge in [0.15, 0.2) is 5.66 Å². The highest BCUT2D eigenvalue weighted by atomic mass is 35.5. The molecule has 3 aromatic rings. The molecular weight excluding hydrogens is 348 g/mol. The maximum Gasteiger partial charge on any atom is 0.261 e. The zero-order chi connectivity index (χ0) is 17.9. The summed E-state index contributed by atoms with van der Waals surface area (Å²) in [6.45, 7) is 0. The molecular formula is C21H13ClN2O2. The number of nitrogens with zero attached hydrogens (tertiary/aromatic N) is 1. The van der Waals surface area contributed by atoms with Crippen molar-refractivity contribution in [1.82, 2.24) is 5.32 Å². The van der Waals surface area contributed by atoms with E-state index < -0.39 is 5.66 Å². The lowest BCUT2D eigenvalue weighted by Gasteiger charge is -2.44. The molecule has 0 saturated heterocycles. The van der Waals surface area contributed by atoms with Crippen LogP contribution in [-0.2, 0) is 5.66 Å². The Labute approximate surface area is 155 Å². The quantitative estimate of drug-likeness (QED) is 0.714. The second-order valence-corrected chi connectivity index (χ2v) is 6.81. The molecule has 26 heavy (non-hydrogen) atoms. The normalized spacial score (nSPS) is 20.3. The molecule has 1 atom stereocenters. The topological polar surface area (TPSA) is 49.4 Å². The average Bonchev–Trinajstić information content (AvgIpc) is 2.92. The second kappa shape index (κ2) is 5.19. The van der Waals surface area contributed by atoms with Gasteiger partial charge in [-0.05, 0) is 30.3 Å². The van der Waals surface area contributed by atoms with E-state index in [1.807, 2.05) is 36.4 Å². The van der Waals surface area contributed by atoms with E-state index in [2.05, 4.69) is 5.32 Å². The fourth-order valence-corrected chi connectivity index (χ4v) is 4.14. The average molecular weight is 361 g/mol. The van der Waals surface area contributed by atoms with Crippen molar-refractivity contribution in [2.75, 3.05) is 4.90 Å². The summed E-state index contributed by atoms with van der Waals surface area (Å²) in [6.07, 6.45) is 0. The van der Waals surface area contributed by atoms with Gasteiger partial charge in [0.2, 0.25) is 0 Å². The molecule has 2 aliphatic heterocycles. The van der Waals surface area contributed by atoms with Crippen LogP contribution in [0.4, 0.5) is 5.69 Å². The van der Waals surface area contributed by atoms with E-state index in [1.165, 1.54) is 0 Å². The molecule has 0 unspecified atom stereocenters. The summed E-state index contributed by atoms with van der Waals surface area (Å²) in [4.78, 5) is 27.9. The molecule has 2 amide bonds. The van der Waals surface area contributed by atoms with Crippen LogP contribution in [0, 0.1) is 0 Å². The summed E-state index contributed by atoms with van der Waals surface area (Å²) in [5, 5.41) is 3.63. The molecule has 3 aromatic carbocycles. The molecule has 2 aliphatic rings. The monoisotopic (exact) mass is 360 g/mol. The number of anilines is 1. The van der Waals surface area contributed by atoms with Gasteiger partial charge in [0, 0.05) is 21.7 Å². The van der Waals surface area contributed by atoms with Crippen LogP contribution in [0.25, 0.3) is 0 Å². The van der Waals surface area contributed by atoms with Crippen LogP contribution in [0.3, 0.4) is 0 Å². The van der Waals surface area contributed by atoms with Gasteiger partial charge in [0.25, 0.3) is 11.8 Å². The van der Waals surface area contributed by atoms with Crippen LogP contribution in [-0.4, -0.2) is 11.8 Å². The number of nitrogens with one attached hydrogen (secondary N) is 1. The molecule has 2 heterocycles. The Morgan fingerprint density at radius 2 is 1.58 bits per heavy atom. The zero-order valence-electron chi connectivity index (χ0n) is 13.6. The van der Waals surface area contributed by atoms with Crippen molar-refractivity contribution in [2.45, 2.75) is 5.66 Å². The smallest absolute Gasteiger partial charge is 0.261 e. The third-order valence-electron chi connectivity index (χ3n) is 5.01. The molecule has 0 saturated carbocycles. The van der Waals surface area contributed by atoms with Crippen molar-refractivity contribution in [3.05, 3.63) is 100 Å². The van der Waals surface area contributed by atoms with Gasteiger partial charge in [-0.2, -0.15) is 0 Å². The molecule has 0 spiro atoms. The third kappa shape index (κ3) is 1.79. The number of carbonyl (C=O) groups excluding carboxylic acids is 2. The fourth-order valence-electron chi connectivity index (χ4n) is 3.95. The van der Waals surface area contributed by atoms with Gasteiger partial charge in [-0.1, -0.05) is 54.1 Å². The van der Waals surface area contributed by atoms with Gasteiger partial charge in [-0.15, -0.1) is 0 Å². The number of hydrogen-bond donors (Lipinski definition) is 1. The lowest BCUT2D eigenvalue weighted by Crippen LogP contribution is -2.60. The Balaban J connectivity index is 1.90. The number of rotatable bonds is 1. The minimum atomic E-state index is -1.11. The van der Waals surface area contributed by atoms with Crippen molar-refractivity contribution in [1.29, 1.82) is 0 Å². The van der Waals surface area contributed by atoms with E-state index in [9.17, 15) is 9.59 Å². The van der Waals surface area contributed by atoms with Crippen molar-refractivity contribution < 1.29 is 9.59 Å². The van der Waals surface area contributed by atoms with E-state index in [0.29, 0.717) is 21.8 Å². The van der Waals surface area contributed by atoms with Crippen LogP contribution >= 0.6 is 11.6 Å². The van der Waals surface area contributed by atoms with Crippen LogP contribution in [0.2, 0.25) is 5.02 Å². The molecule has 5 rings (SSSR count). The Hall–Kier alpha value is -3.11. The molecule has 0 aliphatic carbocycles. The number of benzene rings is 3. The Morgan fingerprint density at radius 3 is 2.38 bits per heavy atom. The van der Waals surface area contributed by atoms with E-state index in [0.717, 1.165) is 11.1 Å². The minimum absolute atomic E-state index is 0.145. The van der Waals surface area contributed by atoms with Crippen LogP contribution in [0.1, 0.15) is 31.8 Å². The summed E-state index contributed by atoms with van der Waals surface area (Å²) < 4.78 is 0. The zero-order valence-corrected chi connectivity index (χ0v) is 14.3. The fraction of sp³-hybridized carbons (Fsp3) is 0.0476. The van der Waals surface area contributed by atoms with Crippen molar-refractivity contribution >= 4 is 29.1 Å². The molecule has 0 radical (unpaired) electrons. The molecule has 0 bridgehead atoms. The van der Waals surface area contributed by atoms with Gasteiger partial charge < -0.3 is 5.32 Å². The lowest BCUT2D eigenvalue weighted by atomic mass is 9.88. The molecule has 5 heteroatoms. The third-order valence-corrected chi connectivity index (χ3v) is 5.25. The Bertz CT molecular complexity index is 1090. The summed E-state index contributed by atoms with van der Waals surface area (Å²) in [5.41, 5.74) is 2.03. The number of fused-ring (bicyclic) bond motifs is 5. The number of halogens is 1. The number of para-hydroxylation sites is 1. The lowest BCUT2D eigenvalue weighted by molar-refractivity contribution is 0.0878. The first-order valence-electron chi connectivity index (χ1n) is 8.24. The second-order valence-electron chi connectivity index (χ2n) is 6.38. The van der Waals surface area contributed by atoms with Crippen LogP contribution < -0.4 is 10.2 Å². The maximum atomic E-state index is 13.3. The number of amides is 2. The van der Waals surface area contributed by atoms with Crippen molar-refractivity contribution in [2.24, 2.45) is 0 Å². The molecule has 0 aromatic heterocycles. The van der Waals surface area contributed by atoms with E-state index in [1.54, 1.807) is 41.3 Å². The van der Waals surface area contributed by atoms with Gasteiger partial charge in [-0.3, -0.25) is 14.5 Å².